The van der Waals surface area contributed by atoms with Crippen LogP contribution in [0.15, 0.2) is 42.5 Å². The van der Waals surface area contributed by atoms with E-state index in [1.54, 1.807) is 44.4 Å². The molecule has 0 bridgehead atoms. The van der Waals surface area contributed by atoms with Crippen molar-refractivity contribution in [2.24, 2.45) is 5.92 Å². The van der Waals surface area contributed by atoms with Crippen LogP contribution in [0.5, 0.6) is 11.5 Å². The van der Waals surface area contributed by atoms with Crippen molar-refractivity contribution in [2.75, 3.05) is 34.4 Å². The Morgan fingerprint density at radius 3 is 2.23 bits per heavy atom. The van der Waals surface area contributed by atoms with Gasteiger partial charge in [-0.05, 0) is 36.1 Å². The van der Waals surface area contributed by atoms with Crippen molar-refractivity contribution in [3.05, 3.63) is 59.2 Å². The van der Waals surface area contributed by atoms with Crippen LogP contribution in [0.3, 0.4) is 0 Å². The highest BCUT2D eigenvalue weighted by Crippen LogP contribution is 2.25. The molecule has 3 rings (SSSR count). The average Bonchev–Trinajstić information content (AvgIpc) is 2.82. The molecule has 0 aromatic heterocycles. The van der Waals surface area contributed by atoms with Crippen LogP contribution in [0, 0.1) is 5.92 Å². The standard InChI is InChI=1S/C24H30N2O5/c1-29-16-18-6-4-5-17(11-18)15-25-23(27)19-7-9-26(10-8-19)24(28)20-12-21(30-2)14-22(13-20)31-3/h4-6,11-14,19H,7-10,15-16H2,1-3H3,(H,25,27). The van der Waals surface area contributed by atoms with Gasteiger partial charge in [0.2, 0.25) is 5.91 Å². The Bertz CT molecular complexity index is 884. The molecule has 7 nitrogen and oxygen atoms in total. The third-order valence-electron chi connectivity index (χ3n) is 5.52. The van der Waals surface area contributed by atoms with Crippen LogP contribution in [0.4, 0.5) is 0 Å². The Morgan fingerprint density at radius 2 is 1.61 bits per heavy atom. The van der Waals surface area contributed by atoms with Gasteiger partial charge in [-0.1, -0.05) is 24.3 Å². The predicted molar refractivity (Wildman–Crippen MR) is 117 cm³/mol. The quantitative estimate of drug-likeness (QED) is 0.702. The second-order valence-electron chi connectivity index (χ2n) is 7.64. The molecule has 1 fully saturated rings. The van der Waals surface area contributed by atoms with Crippen LogP contribution in [0.25, 0.3) is 0 Å². The molecule has 0 saturated carbocycles. The van der Waals surface area contributed by atoms with Crippen molar-refractivity contribution >= 4 is 11.8 Å². The third-order valence-corrected chi connectivity index (χ3v) is 5.52. The van der Waals surface area contributed by atoms with Crippen molar-refractivity contribution in [1.82, 2.24) is 10.2 Å². The molecule has 166 valence electrons. The van der Waals surface area contributed by atoms with Crippen LogP contribution < -0.4 is 14.8 Å². The third kappa shape index (κ3) is 5.98. The van der Waals surface area contributed by atoms with Crippen molar-refractivity contribution < 1.29 is 23.8 Å². The Morgan fingerprint density at radius 1 is 0.968 bits per heavy atom. The molecule has 0 aliphatic carbocycles. The molecule has 0 radical (unpaired) electrons. The lowest BCUT2D eigenvalue weighted by Crippen LogP contribution is -2.42. The number of methoxy groups -OCH3 is 3. The number of nitrogens with one attached hydrogen (secondary N) is 1. The summed E-state index contributed by atoms with van der Waals surface area (Å²) in [5, 5.41) is 3.03. The number of piperidine rings is 1. The predicted octanol–water partition coefficient (Wildman–Crippen LogP) is 3.02. The maximum atomic E-state index is 12.9. The highest BCUT2D eigenvalue weighted by molar-refractivity contribution is 5.95. The van der Waals surface area contributed by atoms with Gasteiger partial charge in [0.05, 0.1) is 20.8 Å². The zero-order valence-corrected chi connectivity index (χ0v) is 18.3. The summed E-state index contributed by atoms with van der Waals surface area (Å²) in [6.45, 7) is 2.12. The van der Waals surface area contributed by atoms with Crippen LogP contribution in [0.2, 0.25) is 0 Å². The number of amides is 2. The lowest BCUT2D eigenvalue weighted by molar-refractivity contribution is -0.126. The van der Waals surface area contributed by atoms with E-state index in [4.69, 9.17) is 14.2 Å². The molecule has 0 spiro atoms. The smallest absolute Gasteiger partial charge is 0.254 e. The lowest BCUT2D eigenvalue weighted by Gasteiger charge is -2.31. The number of likely N-dealkylation sites (tertiary alicyclic amines) is 1. The van der Waals surface area contributed by atoms with Gasteiger partial charge in [0.25, 0.3) is 5.91 Å². The Labute approximate surface area is 183 Å². The average molecular weight is 427 g/mol. The van der Waals surface area contributed by atoms with Gasteiger partial charge in [-0.25, -0.2) is 0 Å². The van der Waals surface area contributed by atoms with E-state index in [1.165, 1.54) is 0 Å². The van der Waals surface area contributed by atoms with Gasteiger partial charge in [-0.2, -0.15) is 0 Å². The highest BCUT2D eigenvalue weighted by atomic mass is 16.5. The number of carbonyl (C=O) groups excluding carboxylic acids is 2. The Balaban J connectivity index is 1.52. The summed E-state index contributed by atoms with van der Waals surface area (Å²) >= 11 is 0. The first kappa shape index (κ1) is 22.6. The van der Waals surface area contributed by atoms with Crippen molar-refractivity contribution in [1.29, 1.82) is 0 Å². The van der Waals surface area contributed by atoms with Gasteiger partial charge in [-0.3, -0.25) is 9.59 Å². The summed E-state index contributed by atoms with van der Waals surface area (Å²) in [5.74, 6) is 1.02. The van der Waals surface area contributed by atoms with Crippen LogP contribution in [0.1, 0.15) is 34.3 Å². The van der Waals surface area contributed by atoms with Crippen molar-refractivity contribution in [3.8, 4) is 11.5 Å². The maximum absolute atomic E-state index is 12.9. The molecule has 7 heteroatoms. The maximum Gasteiger partial charge on any atom is 0.254 e. The van der Waals surface area contributed by atoms with Crippen molar-refractivity contribution in [3.63, 3.8) is 0 Å². The summed E-state index contributed by atoms with van der Waals surface area (Å²) in [6.07, 6.45) is 1.28. The Hall–Kier alpha value is -3.06. The van der Waals surface area contributed by atoms with Crippen LogP contribution in [-0.4, -0.2) is 51.1 Å². The van der Waals surface area contributed by atoms with Gasteiger partial charge < -0.3 is 24.4 Å². The van der Waals surface area contributed by atoms with E-state index in [0.29, 0.717) is 56.1 Å². The highest BCUT2D eigenvalue weighted by Gasteiger charge is 2.28. The molecule has 0 unspecified atom stereocenters. The Kier molecular flexibility index (Phi) is 7.89. The topological polar surface area (TPSA) is 77.1 Å². The molecule has 1 saturated heterocycles. The normalized spacial score (nSPS) is 14.2. The molecule has 2 amide bonds. The minimum absolute atomic E-state index is 0.0345. The number of rotatable bonds is 8. The van der Waals surface area contributed by atoms with E-state index in [-0.39, 0.29) is 17.7 Å². The summed E-state index contributed by atoms with van der Waals surface area (Å²) < 4.78 is 15.7. The molecule has 2 aromatic rings. The fraction of sp³-hybridized carbons (Fsp3) is 0.417. The van der Waals surface area contributed by atoms with Crippen molar-refractivity contribution in [2.45, 2.75) is 26.0 Å². The van der Waals surface area contributed by atoms with E-state index >= 15 is 0 Å². The minimum atomic E-state index is -0.0916. The molecular weight excluding hydrogens is 396 g/mol. The van der Waals surface area contributed by atoms with Crippen LogP contribution in [-0.2, 0) is 22.7 Å². The second-order valence-corrected chi connectivity index (χ2v) is 7.64. The summed E-state index contributed by atoms with van der Waals surface area (Å²) in [6, 6.07) is 13.1. The van der Waals surface area contributed by atoms with E-state index in [2.05, 4.69) is 5.32 Å². The molecule has 0 atom stereocenters. The number of carbonyl (C=O) groups is 2. The number of hydrogen-bond donors (Lipinski definition) is 1. The molecule has 2 aromatic carbocycles. The second kappa shape index (κ2) is 10.8. The minimum Gasteiger partial charge on any atom is -0.497 e. The summed E-state index contributed by atoms with van der Waals surface area (Å²) in [4.78, 5) is 27.3. The monoisotopic (exact) mass is 426 g/mol. The lowest BCUT2D eigenvalue weighted by atomic mass is 9.95. The molecule has 1 aliphatic rings. The number of hydrogen-bond acceptors (Lipinski definition) is 5. The van der Waals surface area contributed by atoms with Gasteiger partial charge in [-0.15, -0.1) is 0 Å². The van der Waals surface area contributed by atoms with Gasteiger partial charge in [0.15, 0.2) is 0 Å². The molecule has 1 aliphatic heterocycles. The van der Waals surface area contributed by atoms with Gasteiger partial charge in [0, 0.05) is 44.3 Å². The zero-order valence-electron chi connectivity index (χ0n) is 18.3. The summed E-state index contributed by atoms with van der Waals surface area (Å²) in [7, 11) is 4.78. The number of benzene rings is 2. The molecular formula is C24H30N2O5. The van der Waals surface area contributed by atoms with E-state index in [1.807, 2.05) is 24.3 Å². The molecule has 31 heavy (non-hydrogen) atoms. The fourth-order valence-corrected chi connectivity index (χ4v) is 3.79. The largest absolute Gasteiger partial charge is 0.497 e. The van der Waals surface area contributed by atoms with E-state index in [0.717, 1.165) is 11.1 Å². The van der Waals surface area contributed by atoms with E-state index in [9.17, 15) is 9.59 Å². The van der Waals surface area contributed by atoms with Crippen LogP contribution >= 0.6 is 0 Å². The zero-order chi connectivity index (χ0) is 22.2. The fourth-order valence-electron chi connectivity index (χ4n) is 3.79. The van der Waals surface area contributed by atoms with E-state index < -0.39 is 0 Å². The first-order valence-electron chi connectivity index (χ1n) is 10.4. The molecule has 1 N–H and O–H groups in total. The first-order valence-corrected chi connectivity index (χ1v) is 10.4. The van der Waals surface area contributed by atoms with Gasteiger partial charge >= 0.3 is 0 Å². The number of nitrogens with zero attached hydrogens (tertiary/aromatic N) is 1. The first-order chi connectivity index (χ1) is 15.0. The summed E-state index contributed by atoms with van der Waals surface area (Å²) in [5.41, 5.74) is 2.65. The number of ether oxygens (including phenoxy) is 3. The van der Waals surface area contributed by atoms with Gasteiger partial charge in [0.1, 0.15) is 11.5 Å². The molecule has 1 heterocycles. The SMILES string of the molecule is COCc1cccc(CNC(=O)C2CCN(C(=O)c3cc(OC)cc(OC)c3)CC2)c1.